The van der Waals surface area contributed by atoms with Gasteiger partial charge in [-0.3, -0.25) is 14.6 Å². The van der Waals surface area contributed by atoms with Crippen LogP contribution in [0.3, 0.4) is 0 Å². The number of amides is 1. The van der Waals surface area contributed by atoms with E-state index in [1.807, 2.05) is 6.07 Å². The molecule has 0 saturated heterocycles. The molecule has 8 nitrogen and oxygen atoms in total. The number of pyridine rings is 1. The van der Waals surface area contributed by atoms with E-state index in [1.54, 1.807) is 49.5 Å². The van der Waals surface area contributed by atoms with Gasteiger partial charge in [0.15, 0.2) is 0 Å². The molecule has 3 aromatic rings. The van der Waals surface area contributed by atoms with Crippen molar-refractivity contribution in [2.45, 2.75) is 13.0 Å². The minimum atomic E-state index is -0.610. The molecule has 0 aliphatic carbocycles. The molecule has 0 spiro atoms. The zero-order valence-electron chi connectivity index (χ0n) is 15.0. The van der Waals surface area contributed by atoms with Crippen LogP contribution in [0, 0.1) is 11.3 Å². The first-order valence-electron chi connectivity index (χ1n) is 8.50. The van der Waals surface area contributed by atoms with Gasteiger partial charge in [-0.05, 0) is 37.3 Å². The van der Waals surface area contributed by atoms with E-state index in [4.69, 9.17) is 10.4 Å². The standard InChI is InChI=1S/C20H17N5O3/c1-13(12-26)23-19(27)17-9-18(15-6-4-14(10-21)5-7-15)24-25(20(17)28)16-3-2-8-22-11-16/h2-9,11,13,26H,12H2,1H3,(H,23,27)/t13-/m0/s1. The quantitative estimate of drug-likeness (QED) is 0.693. The van der Waals surface area contributed by atoms with Crippen LogP contribution in [0.15, 0.2) is 59.7 Å². The summed E-state index contributed by atoms with van der Waals surface area (Å²) in [6, 6.07) is 12.9. The Kier molecular flexibility index (Phi) is 5.58. The molecule has 0 saturated carbocycles. The van der Waals surface area contributed by atoms with Gasteiger partial charge in [-0.2, -0.15) is 15.0 Å². The van der Waals surface area contributed by atoms with Gasteiger partial charge in [0.25, 0.3) is 11.5 Å². The van der Waals surface area contributed by atoms with Gasteiger partial charge < -0.3 is 10.4 Å². The maximum absolute atomic E-state index is 12.9. The van der Waals surface area contributed by atoms with Gasteiger partial charge in [0, 0.05) is 17.8 Å². The molecule has 8 heteroatoms. The summed E-state index contributed by atoms with van der Waals surface area (Å²) in [4.78, 5) is 29.4. The van der Waals surface area contributed by atoms with Crippen molar-refractivity contribution in [2.24, 2.45) is 0 Å². The lowest BCUT2D eigenvalue weighted by atomic mass is 10.1. The van der Waals surface area contributed by atoms with Crippen LogP contribution in [0.5, 0.6) is 0 Å². The Labute approximate surface area is 160 Å². The molecule has 140 valence electrons. The Hall–Kier alpha value is -3.83. The van der Waals surface area contributed by atoms with Gasteiger partial charge in [0.1, 0.15) is 5.56 Å². The second-order valence-corrected chi connectivity index (χ2v) is 6.12. The van der Waals surface area contributed by atoms with Crippen molar-refractivity contribution in [1.82, 2.24) is 20.1 Å². The summed E-state index contributed by atoms with van der Waals surface area (Å²) >= 11 is 0. The normalized spacial score (nSPS) is 11.5. The van der Waals surface area contributed by atoms with E-state index in [9.17, 15) is 9.59 Å². The number of rotatable bonds is 5. The third-order valence-electron chi connectivity index (χ3n) is 4.01. The fourth-order valence-electron chi connectivity index (χ4n) is 2.52. The Balaban J connectivity index is 2.17. The highest BCUT2D eigenvalue weighted by Crippen LogP contribution is 2.18. The SMILES string of the molecule is C[C@@H](CO)NC(=O)c1cc(-c2ccc(C#N)cc2)nn(-c2cccnc2)c1=O. The molecule has 0 bridgehead atoms. The lowest BCUT2D eigenvalue weighted by Gasteiger charge is -2.13. The van der Waals surface area contributed by atoms with Crippen LogP contribution in [-0.4, -0.2) is 38.4 Å². The second kappa shape index (κ2) is 8.24. The number of hydrogen-bond donors (Lipinski definition) is 2. The van der Waals surface area contributed by atoms with Crippen LogP contribution in [0.25, 0.3) is 16.9 Å². The van der Waals surface area contributed by atoms with E-state index in [0.717, 1.165) is 4.68 Å². The van der Waals surface area contributed by atoms with Crippen molar-refractivity contribution in [1.29, 1.82) is 5.26 Å². The third kappa shape index (κ3) is 3.95. The van der Waals surface area contributed by atoms with Crippen molar-refractivity contribution in [3.05, 3.63) is 76.3 Å². The number of benzene rings is 1. The molecular formula is C20H17N5O3. The number of aromatic nitrogens is 3. The summed E-state index contributed by atoms with van der Waals surface area (Å²) in [5, 5.41) is 25.1. The average molecular weight is 375 g/mol. The number of nitriles is 1. The molecule has 1 aromatic carbocycles. The first kappa shape index (κ1) is 18.9. The Bertz CT molecular complexity index is 1090. The Morgan fingerprint density at radius 2 is 2.07 bits per heavy atom. The summed E-state index contributed by atoms with van der Waals surface area (Å²) < 4.78 is 1.11. The molecule has 2 heterocycles. The number of hydrogen-bond acceptors (Lipinski definition) is 6. The first-order valence-corrected chi connectivity index (χ1v) is 8.50. The number of carbonyl (C=O) groups excluding carboxylic acids is 1. The van der Waals surface area contributed by atoms with Crippen LogP contribution in [0.4, 0.5) is 0 Å². The zero-order chi connectivity index (χ0) is 20.1. The fraction of sp³-hybridized carbons (Fsp3) is 0.150. The molecule has 28 heavy (non-hydrogen) atoms. The summed E-state index contributed by atoms with van der Waals surface area (Å²) in [6.45, 7) is 1.37. The molecule has 0 aliphatic rings. The van der Waals surface area contributed by atoms with E-state index in [1.165, 1.54) is 12.3 Å². The molecule has 0 aliphatic heterocycles. The maximum Gasteiger partial charge on any atom is 0.284 e. The Morgan fingerprint density at radius 1 is 1.32 bits per heavy atom. The van der Waals surface area contributed by atoms with E-state index >= 15 is 0 Å². The summed E-state index contributed by atoms with van der Waals surface area (Å²) in [7, 11) is 0. The van der Waals surface area contributed by atoms with Gasteiger partial charge in [-0.15, -0.1) is 0 Å². The number of nitrogens with one attached hydrogen (secondary N) is 1. The number of aliphatic hydroxyl groups excluding tert-OH is 1. The lowest BCUT2D eigenvalue weighted by molar-refractivity contribution is 0.0920. The zero-order valence-corrected chi connectivity index (χ0v) is 15.0. The highest BCUT2D eigenvalue weighted by Gasteiger charge is 2.18. The minimum Gasteiger partial charge on any atom is -0.394 e. The second-order valence-electron chi connectivity index (χ2n) is 6.12. The minimum absolute atomic E-state index is 0.112. The van der Waals surface area contributed by atoms with Crippen LogP contribution in [-0.2, 0) is 0 Å². The predicted molar refractivity (Wildman–Crippen MR) is 102 cm³/mol. The highest BCUT2D eigenvalue weighted by molar-refractivity contribution is 5.95. The van der Waals surface area contributed by atoms with Gasteiger partial charge >= 0.3 is 0 Å². The van der Waals surface area contributed by atoms with E-state index in [0.29, 0.717) is 22.5 Å². The molecule has 2 N–H and O–H groups in total. The van der Waals surface area contributed by atoms with Crippen molar-refractivity contribution >= 4 is 5.91 Å². The van der Waals surface area contributed by atoms with Crippen molar-refractivity contribution in [2.75, 3.05) is 6.61 Å². The third-order valence-corrected chi connectivity index (χ3v) is 4.01. The monoisotopic (exact) mass is 375 g/mol. The molecule has 0 fully saturated rings. The topological polar surface area (TPSA) is 121 Å². The van der Waals surface area contributed by atoms with Crippen LogP contribution < -0.4 is 10.9 Å². The van der Waals surface area contributed by atoms with E-state index in [2.05, 4.69) is 15.4 Å². The molecule has 0 unspecified atom stereocenters. The van der Waals surface area contributed by atoms with Crippen LogP contribution >= 0.6 is 0 Å². The summed E-state index contributed by atoms with van der Waals surface area (Å²) in [5.41, 5.74) is 1.20. The Morgan fingerprint density at radius 3 is 2.68 bits per heavy atom. The first-order chi connectivity index (χ1) is 13.5. The van der Waals surface area contributed by atoms with Crippen molar-refractivity contribution in [3.63, 3.8) is 0 Å². The largest absolute Gasteiger partial charge is 0.394 e. The molecule has 1 amide bonds. The summed E-state index contributed by atoms with van der Waals surface area (Å²) in [5.74, 6) is -0.610. The summed E-state index contributed by atoms with van der Waals surface area (Å²) in [6.07, 6.45) is 3.03. The molecular weight excluding hydrogens is 358 g/mol. The van der Waals surface area contributed by atoms with E-state index < -0.39 is 17.5 Å². The van der Waals surface area contributed by atoms with Gasteiger partial charge in [-0.25, -0.2) is 0 Å². The van der Waals surface area contributed by atoms with Crippen molar-refractivity contribution < 1.29 is 9.90 Å². The molecule has 3 rings (SSSR count). The number of nitrogens with zero attached hydrogens (tertiary/aromatic N) is 4. The van der Waals surface area contributed by atoms with Gasteiger partial charge in [0.05, 0.1) is 35.8 Å². The number of carbonyl (C=O) groups is 1. The highest BCUT2D eigenvalue weighted by atomic mass is 16.3. The molecule has 0 radical (unpaired) electrons. The smallest absolute Gasteiger partial charge is 0.284 e. The van der Waals surface area contributed by atoms with Gasteiger partial charge in [0.2, 0.25) is 0 Å². The van der Waals surface area contributed by atoms with E-state index in [-0.39, 0.29) is 12.2 Å². The maximum atomic E-state index is 12.9. The predicted octanol–water partition coefficient (Wildman–Crippen LogP) is 1.28. The molecule has 2 aromatic heterocycles. The van der Waals surface area contributed by atoms with Crippen molar-refractivity contribution in [3.8, 4) is 23.0 Å². The lowest BCUT2D eigenvalue weighted by Crippen LogP contribution is -2.39. The van der Waals surface area contributed by atoms with Crippen LogP contribution in [0.2, 0.25) is 0 Å². The average Bonchev–Trinajstić information content (AvgIpc) is 2.74. The van der Waals surface area contributed by atoms with Gasteiger partial charge in [-0.1, -0.05) is 12.1 Å². The molecule has 1 atom stereocenters. The fourth-order valence-corrected chi connectivity index (χ4v) is 2.52. The van der Waals surface area contributed by atoms with Crippen LogP contribution in [0.1, 0.15) is 22.8 Å². The number of aliphatic hydroxyl groups is 1.